The average molecular weight is 207 g/mol. The van der Waals surface area contributed by atoms with Gasteiger partial charge in [-0.1, -0.05) is 23.7 Å². The Morgan fingerprint density at radius 3 is 3.00 bits per heavy atom. The SMILES string of the molecule is N#CC1(N)CCc2cccc(Cl)c2C1. The van der Waals surface area contributed by atoms with Crippen molar-refractivity contribution in [1.82, 2.24) is 0 Å². The third-order valence-electron chi connectivity index (χ3n) is 2.77. The standard InChI is InChI=1S/C11H11ClN2/c12-10-3-1-2-8-4-5-11(14,7-13)6-9(8)10/h1-3H,4-6,14H2. The van der Waals surface area contributed by atoms with Crippen LogP contribution < -0.4 is 5.73 Å². The first-order valence-corrected chi connectivity index (χ1v) is 4.99. The highest BCUT2D eigenvalue weighted by Crippen LogP contribution is 2.31. The normalized spacial score (nSPS) is 25.2. The Labute approximate surface area is 88.3 Å². The number of nitriles is 1. The summed E-state index contributed by atoms with van der Waals surface area (Å²) in [5, 5.41) is 9.68. The number of benzene rings is 1. The number of fused-ring (bicyclic) bond motifs is 1. The molecule has 0 bridgehead atoms. The molecule has 3 heteroatoms. The van der Waals surface area contributed by atoms with Gasteiger partial charge in [-0.25, -0.2) is 0 Å². The summed E-state index contributed by atoms with van der Waals surface area (Å²) in [6.45, 7) is 0. The third kappa shape index (κ3) is 1.50. The van der Waals surface area contributed by atoms with E-state index in [-0.39, 0.29) is 0 Å². The summed E-state index contributed by atoms with van der Waals surface area (Å²) in [6, 6.07) is 8.01. The summed E-state index contributed by atoms with van der Waals surface area (Å²) in [5.41, 5.74) is 7.47. The first-order valence-electron chi connectivity index (χ1n) is 4.61. The molecule has 0 saturated carbocycles. The number of nitrogens with two attached hydrogens (primary N) is 1. The minimum absolute atomic E-state index is 0.568. The Bertz CT molecular complexity index is 408. The van der Waals surface area contributed by atoms with Crippen molar-refractivity contribution < 1.29 is 0 Å². The van der Waals surface area contributed by atoms with Crippen LogP contribution in [-0.4, -0.2) is 5.54 Å². The molecule has 0 fully saturated rings. The molecule has 0 radical (unpaired) electrons. The van der Waals surface area contributed by atoms with Gasteiger partial charge in [-0.05, 0) is 30.0 Å². The molecule has 1 aliphatic carbocycles. The van der Waals surface area contributed by atoms with Crippen LogP contribution in [0.3, 0.4) is 0 Å². The van der Waals surface area contributed by atoms with Gasteiger partial charge in [0.1, 0.15) is 5.54 Å². The fourth-order valence-corrected chi connectivity index (χ4v) is 2.15. The molecule has 1 aromatic carbocycles. The first-order chi connectivity index (χ1) is 6.64. The van der Waals surface area contributed by atoms with Gasteiger partial charge in [0.05, 0.1) is 6.07 Å². The van der Waals surface area contributed by atoms with Gasteiger partial charge >= 0.3 is 0 Å². The van der Waals surface area contributed by atoms with Crippen LogP contribution >= 0.6 is 11.6 Å². The second-order valence-electron chi connectivity index (χ2n) is 3.82. The number of rotatable bonds is 0. The van der Waals surface area contributed by atoms with E-state index in [0.29, 0.717) is 6.42 Å². The average Bonchev–Trinajstić information content (AvgIpc) is 2.20. The van der Waals surface area contributed by atoms with Crippen molar-refractivity contribution in [1.29, 1.82) is 5.26 Å². The predicted octanol–water partition coefficient (Wildman–Crippen LogP) is 2.05. The Balaban J connectivity index is 2.44. The van der Waals surface area contributed by atoms with Crippen molar-refractivity contribution in [2.24, 2.45) is 5.73 Å². The maximum Gasteiger partial charge on any atom is 0.108 e. The van der Waals surface area contributed by atoms with E-state index in [2.05, 4.69) is 12.1 Å². The lowest BCUT2D eigenvalue weighted by atomic mass is 9.79. The monoisotopic (exact) mass is 206 g/mol. The summed E-state index contributed by atoms with van der Waals surface area (Å²) in [5.74, 6) is 0. The van der Waals surface area contributed by atoms with Crippen LogP contribution in [0.15, 0.2) is 18.2 Å². The van der Waals surface area contributed by atoms with E-state index in [1.807, 2.05) is 12.1 Å². The van der Waals surface area contributed by atoms with E-state index in [4.69, 9.17) is 22.6 Å². The molecule has 2 N–H and O–H groups in total. The summed E-state index contributed by atoms with van der Waals surface area (Å²) in [7, 11) is 0. The molecule has 14 heavy (non-hydrogen) atoms. The van der Waals surface area contributed by atoms with Gasteiger partial charge in [0, 0.05) is 11.4 Å². The second kappa shape index (κ2) is 3.27. The fraction of sp³-hybridized carbons (Fsp3) is 0.364. The van der Waals surface area contributed by atoms with E-state index in [0.717, 1.165) is 23.4 Å². The molecule has 0 aliphatic heterocycles. The van der Waals surface area contributed by atoms with Crippen molar-refractivity contribution in [3.63, 3.8) is 0 Å². The zero-order chi connectivity index (χ0) is 10.2. The number of hydrogen-bond acceptors (Lipinski definition) is 2. The van der Waals surface area contributed by atoms with Gasteiger partial charge in [0.25, 0.3) is 0 Å². The highest BCUT2D eigenvalue weighted by atomic mass is 35.5. The molecule has 1 aromatic rings. The molecule has 1 atom stereocenters. The molecule has 1 unspecified atom stereocenters. The van der Waals surface area contributed by atoms with E-state index in [1.54, 1.807) is 0 Å². The Morgan fingerprint density at radius 2 is 2.29 bits per heavy atom. The molecular weight excluding hydrogens is 196 g/mol. The molecule has 0 amide bonds. The minimum atomic E-state index is -0.724. The van der Waals surface area contributed by atoms with Crippen molar-refractivity contribution in [2.75, 3.05) is 0 Å². The van der Waals surface area contributed by atoms with Crippen LogP contribution in [0.25, 0.3) is 0 Å². The van der Waals surface area contributed by atoms with Gasteiger partial charge in [0.15, 0.2) is 0 Å². The van der Waals surface area contributed by atoms with E-state index >= 15 is 0 Å². The van der Waals surface area contributed by atoms with Crippen LogP contribution in [0.5, 0.6) is 0 Å². The third-order valence-corrected chi connectivity index (χ3v) is 3.13. The van der Waals surface area contributed by atoms with Crippen molar-refractivity contribution in [3.05, 3.63) is 34.3 Å². The van der Waals surface area contributed by atoms with Crippen LogP contribution in [0.4, 0.5) is 0 Å². The minimum Gasteiger partial charge on any atom is -0.313 e. The second-order valence-corrected chi connectivity index (χ2v) is 4.23. The maximum atomic E-state index is 8.95. The van der Waals surface area contributed by atoms with Gasteiger partial charge < -0.3 is 5.73 Å². The smallest absolute Gasteiger partial charge is 0.108 e. The molecule has 1 aliphatic rings. The van der Waals surface area contributed by atoms with Gasteiger partial charge in [-0.3, -0.25) is 0 Å². The van der Waals surface area contributed by atoms with Crippen molar-refractivity contribution in [2.45, 2.75) is 24.8 Å². The van der Waals surface area contributed by atoms with Crippen molar-refractivity contribution in [3.8, 4) is 6.07 Å². The molecule has 0 aromatic heterocycles. The molecule has 0 spiro atoms. The molecule has 2 rings (SSSR count). The lowest BCUT2D eigenvalue weighted by molar-refractivity contribution is 0.470. The number of halogens is 1. The Morgan fingerprint density at radius 1 is 1.50 bits per heavy atom. The largest absolute Gasteiger partial charge is 0.313 e. The molecule has 2 nitrogen and oxygen atoms in total. The molecule has 0 heterocycles. The van der Waals surface area contributed by atoms with Crippen LogP contribution in [0, 0.1) is 11.3 Å². The van der Waals surface area contributed by atoms with E-state index < -0.39 is 5.54 Å². The number of hydrogen-bond donors (Lipinski definition) is 1. The number of nitrogens with zero attached hydrogens (tertiary/aromatic N) is 1. The molecular formula is C11H11ClN2. The molecule has 72 valence electrons. The van der Waals surface area contributed by atoms with Crippen molar-refractivity contribution >= 4 is 11.6 Å². The zero-order valence-corrected chi connectivity index (χ0v) is 8.51. The predicted molar refractivity (Wildman–Crippen MR) is 56.0 cm³/mol. The summed E-state index contributed by atoms with van der Waals surface area (Å²) >= 11 is 6.06. The summed E-state index contributed by atoms with van der Waals surface area (Å²) in [6.07, 6.45) is 2.13. The van der Waals surface area contributed by atoms with Crippen LogP contribution in [0.1, 0.15) is 17.5 Å². The highest BCUT2D eigenvalue weighted by molar-refractivity contribution is 6.31. The highest BCUT2D eigenvalue weighted by Gasteiger charge is 2.31. The number of aryl methyl sites for hydroxylation is 1. The van der Waals surface area contributed by atoms with E-state index in [9.17, 15) is 0 Å². The Kier molecular flexibility index (Phi) is 2.22. The molecule has 0 saturated heterocycles. The van der Waals surface area contributed by atoms with Gasteiger partial charge in [-0.2, -0.15) is 5.26 Å². The summed E-state index contributed by atoms with van der Waals surface area (Å²) in [4.78, 5) is 0. The quantitative estimate of drug-likeness (QED) is 0.707. The summed E-state index contributed by atoms with van der Waals surface area (Å²) < 4.78 is 0. The first kappa shape index (κ1) is 9.51. The lowest BCUT2D eigenvalue weighted by Crippen LogP contribution is -2.43. The Hall–Kier alpha value is -1.04. The van der Waals surface area contributed by atoms with E-state index in [1.165, 1.54) is 5.56 Å². The lowest BCUT2D eigenvalue weighted by Gasteiger charge is -2.28. The van der Waals surface area contributed by atoms with Gasteiger partial charge in [-0.15, -0.1) is 0 Å². The maximum absolute atomic E-state index is 8.95. The van der Waals surface area contributed by atoms with Crippen LogP contribution in [-0.2, 0) is 12.8 Å². The fourth-order valence-electron chi connectivity index (χ4n) is 1.89. The van der Waals surface area contributed by atoms with Gasteiger partial charge in [0.2, 0.25) is 0 Å². The zero-order valence-electron chi connectivity index (χ0n) is 7.76. The van der Waals surface area contributed by atoms with Crippen LogP contribution in [0.2, 0.25) is 5.02 Å². The topological polar surface area (TPSA) is 49.8 Å².